The SMILES string of the molecule is CS(=O)(=O)N1CCN(C(=O)CN2CCCC(C=O)C2)CC1. The van der Waals surface area contributed by atoms with E-state index in [-0.39, 0.29) is 11.8 Å². The molecule has 0 radical (unpaired) electrons. The largest absolute Gasteiger partial charge is 0.339 e. The van der Waals surface area contributed by atoms with Crippen molar-refractivity contribution in [1.29, 1.82) is 0 Å². The standard InChI is InChI=1S/C13H23N3O4S/c1-21(19,20)16-7-5-15(6-8-16)13(18)10-14-4-2-3-12(9-14)11-17/h11-12H,2-10H2,1H3. The molecule has 0 aliphatic carbocycles. The molecule has 0 N–H and O–H groups in total. The molecule has 7 nitrogen and oxygen atoms in total. The van der Waals surface area contributed by atoms with Crippen LogP contribution in [0.15, 0.2) is 0 Å². The number of likely N-dealkylation sites (tertiary alicyclic amines) is 1. The molecule has 21 heavy (non-hydrogen) atoms. The highest BCUT2D eigenvalue weighted by atomic mass is 32.2. The lowest BCUT2D eigenvalue weighted by Crippen LogP contribution is -2.53. The highest BCUT2D eigenvalue weighted by Crippen LogP contribution is 2.15. The van der Waals surface area contributed by atoms with Crippen LogP contribution in [0.4, 0.5) is 0 Å². The summed E-state index contributed by atoms with van der Waals surface area (Å²) in [6.45, 7) is 3.43. The molecule has 1 unspecified atom stereocenters. The number of amides is 1. The molecule has 120 valence electrons. The molecule has 2 saturated heterocycles. The molecule has 0 saturated carbocycles. The quantitative estimate of drug-likeness (QED) is 0.622. The summed E-state index contributed by atoms with van der Waals surface area (Å²) in [7, 11) is -3.17. The van der Waals surface area contributed by atoms with Crippen molar-refractivity contribution in [2.24, 2.45) is 5.92 Å². The van der Waals surface area contributed by atoms with Crippen molar-refractivity contribution < 1.29 is 18.0 Å². The van der Waals surface area contributed by atoms with Crippen molar-refractivity contribution in [2.45, 2.75) is 12.8 Å². The van der Waals surface area contributed by atoms with Gasteiger partial charge in [-0.25, -0.2) is 8.42 Å². The van der Waals surface area contributed by atoms with E-state index in [1.807, 2.05) is 4.90 Å². The smallest absolute Gasteiger partial charge is 0.236 e. The third-order valence-electron chi connectivity index (χ3n) is 4.15. The fourth-order valence-corrected chi connectivity index (χ4v) is 3.73. The minimum atomic E-state index is -3.17. The van der Waals surface area contributed by atoms with Gasteiger partial charge in [-0.1, -0.05) is 0 Å². The van der Waals surface area contributed by atoms with Crippen LogP contribution >= 0.6 is 0 Å². The van der Waals surface area contributed by atoms with Crippen LogP contribution in [0.5, 0.6) is 0 Å². The Morgan fingerprint density at radius 3 is 2.43 bits per heavy atom. The van der Waals surface area contributed by atoms with Gasteiger partial charge in [-0.15, -0.1) is 0 Å². The fraction of sp³-hybridized carbons (Fsp3) is 0.846. The Hall–Kier alpha value is -0.990. The lowest BCUT2D eigenvalue weighted by atomic mass is 10.00. The molecule has 8 heteroatoms. The van der Waals surface area contributed by atoms with Crippen molar-refractivity contribution in [2.75, 3.05) is 52.1 Å². The highest BCUT2D eigenvalue weighted by molar-refractivity contribution is 7.88. The predicted molar refractivity (Wildman–Crippen MR) is 78.2 cm³/mol. The number of hydrogen-bond donors (Lipinski definition) is 0. The molecule has 1 atom stereocenters. The van der Waals surface area contributed by atoms with Crippen LogP contribution < -0.4 is 0 Å². The van der Waals surface area contributed by atoms with E-state index in [4.69, 9.17) is 0 Å². The molecule has 2 heterocycles. The average Bonchev–Trinajstić information content (AvgIpc) is 2.46. The second kappa shape index (κ2) is 6.85. The maximum absolute atomic E-state index is 12.2. The molecule has 1 amide bonds. The molecule has 2 aliphatic heterocycles. The molecule has 0 aromatic rings. The zero-order chi connectivity index (χ0) is 15.5. The van der Waals surface area contributed by atoms with Crippen LogP contribution in [0, 0.1) is 5.92 Å². The fourth-order valence-electron chi connectivity index (χ4n) is 2.91. The lowest BCUT2D eigenvalue weighted by molar-refractivity contribution is -0.134. The summed E-state index contributed by atoms with van der Waals surface area (Å²) >= 11 is 0. The monoisotopic (exact) mass is 317 g/mol. The van der Waals surface area contributed by atoms with E-state index in [9.17, 15) is 18.0 Å². The van der Waals surface area contributed by atoms with Crippen LogP contribution in [0.2, 0.25) is 0 Å². The Morgan fingerprint density at radius 2 is 1.86 bits per heavy atom. The predicted octanol–water partition coefficient (Wildman–Crippen LogP) is -0.999. The number of carbonyl (C=O) groups is 2. The highest BCUT2D eigenvalue weighted by Gasteiger charge is 2.28. The maximum Gasteiger partial charge on any atom is 0.236 e. The van der Waals surface area contributed by atoms with Gasteiger partial charge in [0, 0.05) is 38.6 Å². The van der Waals surface area contributed by atoms with Gasteiger partial charge in [0.05, 0.1) is 12.8 Å². The minimum Gasteiger partial charge on any atom is -0.339 e. The van der Waals surface area contributed by atoms with Crippen LogP contribution in [0.3, 0.4) is 0 Å². The Morgan fingerprint density at radius 1 is 1.19 bits per heavy atom. The van der Waals surface area contributed by atoms with Gasteiger partial charge in [0.2, 0.25) is 15.9 Å². The van der Waals surface area contributed by atoms with E-state index in [2.05, 4.69) is 0 Å². The minimum absolute atomic E-state index is 0.0229. The number of nitrogens with zero attached hydrogens (tertiary/aromatic N) is 3. The maximum atomic E-state index is 12.2. The first-order valence-corrected chi connectivity index (χ1v) is 9.15. The van der Waals surface area contributed by atoms with E-state index < -0.39 is 10.0 Å². The topological polar surface area (TPSA) is 78.0 Å². The normalized spacial score (nSPS) is 25.8. The van der Waals surface area contributed by atoms with Crippen molar-refractivity contribution in [3.8, 4) is 0 Å². The zero-order valence-electron chi connectivity index (χ0n) is 12.4. The summed E-state index contributed by atoms with van der Waals surface area (Å²) in [6, 6.07) is 0. The van der Waals surface area contributed by atoms with E-state index >= 15 is 0 Å². The Kier molecular flexibility index (Phi) is 5.34. The molecule has 2 aliphatic rings. The Bertz CT molecular complexity index is 486. The van der Waals surface area contributed by atoms with Gasteiger partial charge in [-0.2, -0.15) is 4.31 Å². The number of carbonyl (C=O) groups excluding carboxylic acids is 2. The molecule has 2 rings (SSSR count). The second-order valence-electron chi connectivity index (χ2n) is 5.82. The molecular weight excluding hydrogens is 294 g/mol. The summed E-state index contributed by atoms with van der Waals surface area (Å²) in [6.07, 6.45) is 4.01. The van der Waals surface area contributed by atoms with Gasteiger partial charge in [-0.05, 0) is 19.4 Å². The Labute approximate surface area is 125 Å². The molecule has 0 spiro atoms. The van der Waals surface area contributed by atoms with Crippen LogP contribution in [0.1, 0.15) is 12.8 Å². The van der Waals surface area contributed by atoms with E-state index in [0.717, 1.165) is 25.7 Å². The molecule has 2 fully saturated rings. The zero-order valence-corrected chi connectivity index (χ0v) is 13.2. The summed E-state index contributed by atoms with van der Waals surface area (Å²) in [4.78, 5) is 26.8. The van der Waals surface area contributed by atoms with E-state index in [0.29, 0.717) is 39.3 Å². The molecular formula is C13H23N3O4S. The number of rotatable bonds is 4. The second-order valence-corrected chi connectivity index (χ2v) is 7.80. The van der Waals surface area contributed by atoms with Crippen molar-refractivity contribution in [1.82, 2.24) is 14.1 Å². The third-order valence-corrected chi connectivity index (χ3v) is 5.46. The number of piperidine rings is 1. The molecule has 0 aromatic carbocycles. The van der Waals surface area contributed by atoms with Gasteiger partial charge in [0.25, 0.3) is 0 Å². The summed E-state index contributed by atoms with van der Waals surface area (Å²) in [5.74, 6) is 0.0586. The third kappa shape index (κ3) is 4.49. The number of sulfonamides is 1. The summed E-state index contributed by atoms with van der Waals surface area (Å²) in [5.41, 5.74) is 0. The van der Waals surface area contributed by atoms with E-state index in [1.54, 1.807) is 4.90 Å². The van der Waals surface area contributed by atoms with Crippen LogP contribution in [0.25, 0.3) is 0 Å². The van der Waals surface area contributed by atoms with Crippen LogP contribution in [-0.2, 0) is 19.6 Å². The van der Waals surface area contributed by atoms with Crippen molar-refractivity contribution >= 4 is 22.2 Å². The van der Waals surface area contributed by atoms with Gasteiger partial charge in [0.1, 0.15) is 6.29 Å². The van der Waals surface area contributed by atoms with Gasteiger partial charge >= 0.3 is 0 Å². The van der Waals surface area contributed by atoms with Gasteiger partial charge < -0.3 is 9.69 Å². The Balaban J connectivity index is 1.81. The number of hydrogen-bond acceptors (Lipinski definition) is 5. The summed E-state index contributed by atoms with van der Waals surface area (Å²) < 4.78 is 24.3. The number of aldehydes is 1. The van der Waals surface area contributed by atoms with Crippen molar-refractivity contribution in [3.63, 3.8) is 0 Å². The average molecular weight is 317 g/mol. The first-order valence-electron chi connectivity index (χ1n) is 7.30. The van der Waals surface area contributed by atoms with Crippen molar-refractivity contribution in [3.05, 3.63) is 0 Å². The molecule has 0 bridgehead atoms. The van der Waals surface area contributed by atoms with E-state index in [1.165, 1.54) is 10.6 Å². The lowest BCUT2D eigenvalue weighted by Gasteiger charge is -2.36. The van der Waals surface area contributed by atoms with Gasteiger partial charge in [0.15, 0.2) is 0 Å². The summed E-state index contributed by atoms with van der Waals surface area (Å²) in [5, 5.41) is 0. The van der Waals surface area contributed by atoms with Crippen LogP contribution in [-0.4, -0.2) is 86.8 Å². The first-order chi connectivity index (χ1) is 9.90. The first kappa shape index (κ1) is 16.4. The number of piperazine rings is 1. The van der Waals surface area contributed by atoms with Gasteiger partial charge in [-0.3, -0.25) is 9.69 Å². The molecule has 0 aromatic heterocycles.